The van der Waals surface area contributed by atoms with E-state index in [0.29, 0.717) is 11.0 Å². The summed E-state index contributed by atoms with van der Waals surface area (Å²) in [5.74, 6) is 2.12. The third kappa shape index (κ3) is 3.66. The Labute approximate surface area is 143 Å². The highest BCUT2D eigenvalue weighted by molar-refractivity contribution is 9.10. The van der Waals surface area contributed by atoms with Gasteiger partial charge >= 0.3 is 0 Å². The topological polar surface area (TPSA) is 23.6 Å². The highest BCUT2D eigenvalue weighted by atomic mass is 79.9. The zero-order valence-electron chi connectivity index (χ0n) is 12.4. The molecule has 0 aliphatic carbocycles. The second-order valence-corrected chi connectivity index (χ2v) is 7.89. The lowest BCUT2D eigenvalue weighted by Crippen LogP contribution is -2.48. The largest absolute Gasteiger partial charge is 0.340 e. The molecule has 2 saturated heterocycles. The van der Waals surface area contributed by atoms with Crippen molar-refractivity contribution in [3.63, 3.8) is 0 Å². The van der Waals surface area contributed by atoms with Gasteiger partial charge in [-0.2, -0.15) is 11.8 Å². The number of hydrogen-bond acceptors (Lipinski definition) is 3. The Kier molecular flexibility index (Phi) is 5.42. The van der Waals surface area contributed by atoms with Crippen LogP contribution < -0.4 is 0 Å². The third-order valence-corrected chi connectivity index (χ3v) is 5.89. The van der Waals surface area contributed by atoms with Crippen LogP contribution in [0.15, 0.2) is 22.7 Å². The fourth-order valence-corrected chi connectivity index (χ4v) is 4.49. The molecule has 1 atom stereocenters. The van der Waals surface area contributed by atoms with Crippen molar-refractivity contribution in [1.82, 2.24) is 9.80 Å². The lowest BCUT2D eigenvalue weighted by molar-refractivity contribution is -0.135. The van der Waals surface area contributed by atoms with E-state index in [1.54, 1.807) is 6.07 Å². The van der Waals surface area contributed by atoms with E-state index < -0.39 is 0 Å². The maximum atomic E-state index is 13.3. The van der Waals surface area contributed by atoms with Crippen LogP contribution in [0, 0.1) is 5.82 Å². The zero-order chi connectivity index (χ0) is 15.5. The number of benzene rings is 1. The highest BCUT2D eigenvalue weighted by Crippen LogP contribution is 2.25. The van der Waals surface area contributed by atoms with Crippen molar-refractivity contribution in [3.8, 4) is 0 Å². The predicted molar refractivity (Wildman–Crippen MR) is 91.4 cm³/mol. The predicted octanol–water partition coefficient (Wildman–Crippen LogP) is 3.13. The first kappa shape index (κ1) is 16.3. The summed E-state index contributed by atoms with van der Waals surface area (Å²) in [5, 5.41) is 0. The molecule has 2 fully saturated rings. The first-order valence-corrected chi connectivity index (χ1v) is 9.64. The molecule has 1 aromatic carbocycles. The molecular formula is C16H20BrFN2OS. The van der Waals surface area contributed by atoms with E-state index >= 15 is 0 Å². The molecule has 1 unspecified atom stereocenters. The molecule has 2 heterocycles. The molecule has 3 nitrogen and oxygen atoms in total. The van der Waals surface area contributed by atoms with Crippen LogP contribution in [0.5, 0.6) is 0 Å². The Morgan fingerprint density at radius 3 is 2.82 bits per heavy atom. The van der Waals surface area contributed by atoms with Crippen molar-refractivity contribution in [1.29, 1.82) is 0 Å². The highest BCUT2D eigenvalue weighted by Gasteiger charge is 2.34. The number of rotatable bonds is 3. The van der Waals surface area contributed by atoms with E-state index in [1.807, 2.05) is 22.7 Å². The maximum absolute atomic E-state index is 13.3. The van der Waals surface area contributed by atoms with Gasteiger partial charge in [-0.15, -0.1) is 0 Å². The number of hydrogen-bond donors (Lipinski definition) is 0. The Hall–Kier alpha value is -0.590. The summed E-state index contributed by atoms with van der Waals surface area (Å²) in [6.07, 6.45) is 1.99. The molecule has 1 aromatic rings. The number of halogens is 2. The van der Waals surface area contributed by atoms with E-state index in [2.05, 4.69) is 20.8 Å². The van der Waals surface area contributed by atoms with Crippen LogP contribution in [0.4, 0.5) is 4.39 Å². The second kappa shape index (κ2) is 7.32. The molecule has 0 radical (unpaired) electrons. The van der Waals surface area contributed by atoms with E-state index in [9.17, 15) is 9.18 Å². The number of amides is 1. The lowest BCUT2D eigenvalue weighted by Gasteiger charge is -2.32. The first-order valence-electron chi connectivity index (χ1n) is 7.69. The quantitative estimate of drug-likeness (QED) is 0.796. The van der Waals surface area contributed by atoms with Crippen molar-refractivity contribution < 1.29 is 9.18 Å². The van der Waals surface area contributed by atoms with Gasteiger partial charge in [0, 0.05) is 31.1 Å². The standard InChI is InChI=1S/C16H20BrFN2OS/c17-13-10-12(3-4-14(13)18)11-20-5-1-2-15(20)16(21)19-6-8-22-9-7-19/h3-4,10,15H,1-2,5-9,11H2. The average Bonchev–Trinajstić information content (AvgIpc) is 2.99. The van der Waals surface area contributed by atoms with Crippen LogP contribution in [0.25, 0.3) is 0 Å². The van der Waals surface area contributed by atoms with Gasteiger partial charge in [0.25, 0.3) is 0 Å². The number of thioether (sulfide) groups is 1. The molecule has 0 spiro atoms. The number of carbonyl (C=O) groups is 1. The molecule has 0 N–H and O–H groups in total. The van der Waals surface area contributed by atoms with Gasteiger partial charge in [0.05, 0.1) is 10.5 Å². The second-order valence-electron chi connectivity index (χ2n) is 5.81. The van der Waals surface area contributed by atoms with Gasteiger partial charge in [0.2, 0.25) is 5.91 Å². The molecule has 2 aliphatic heterocycles. The van der Waals surface area contributed by atoms with Gasteiger partial charge in [0.15, 0.2) is 0 Å². The molecule has 2 aliphatic rings. The van der Waals surface area contributed by atoms with Crippen molar-refractivity contribution >= 4 is 33.6 Å². The van der Waals surface area contributed by atoms with E-state index in [0.717, 1.165) is 49.5 Å². The first-order chi connectivity index (χ1) is 10.6. The van der Waals surface area contributed by atoms with Gasteiger partial charge < -0.3 is 4.90 Å². The van der Waals surface area contributed by atoms with Gasteiger partial charge in [-0.1, -0.05) is 6.07 Å². The lowest BCUT2D eigenvalue weighted by atomic mass is 10.1. The zero-order valence-corrected chi connectivity index (χ0v) is 14.8. The Morgan fingerprint density at radius 1 is 1.32 bits per heavy atom. The van der Waals surface area contributed by atoms with Crippen LogP contribution in [0.3, 0.4) is 0 Å². The van der Waals surface area contributed by atoms with Gasteiger partial charge in [-0.05, 0) is 53.0 Å². The van der Waals surface area contributed by atoms with E-state index in [-0.39, 0.29) is 17.8 Å². The Balaban J connectivity index is 1.67. The minimum atomic E-state index is -0.247. The average molecular weight is 387 g/mol. The van der Waals surface area contributed by atoms with Crippen molar-refractivity contribution in [3.05, 3.63) is 34.1 Å². The number of carbonyl (C=O) groups excluding carboxylic acids is 1. The summed E-state index contributed by atoms with van der Waals surface area (Å²) in [4.78, 5) is 17.0. The summed E-state index contributed by atoms with van der Waals surface area (Å²) in [6, 6.07) is 5.09. The fourth-order valence-electron chi connectivity index (χ4n) is 3.16. The summed E-state index contributed by atoms with van der Waals surface area (Å²) in [7, 11) is 0. The summed E-state index contributed by atoms with van der Waals surface area (Å²) < 4.78 is 13.8. The smallest absolute Gasteiger partial charge is 0.239 e. The molecule has 0 bridgehead atoms. The van der Waals surface area contributed by atoms with Gasteiger partial charge in [-0.3, -0.25) is 9.69 Å². The minimum Gasteiger partial charge on any atom is -0.340 e. The van der Waals surface area contributed by atoms with Gasteiger partial charge in [-0.25, -0.2) is 4.39 Å². The van der Waals surface area contributed by atoms with Crippen LogP contribution in [0.1, 0.15) is 18.4 Å². The van der Waals surface area contributed by atoms with E-state index in [4.69, 9.17) is 0 Å². The van der Waals surface area contributed by atoms with Crippen LogP contribution in [0.2, 0.25) is 0 Å². The SMILES string of the molecule is O=C(C1CCCN1Cc1ccc(F)c(Br)c1)N1CCSCC1. The van der Waals surface area contributed by atoms with E-state index in [1.165, 1.54) is 6.07 Å². The van der Waals surface area contributed by atoms with Crippen molar-refractivity contribution in [2.24, 2.45) is 0 Å². The molecule has 0 saturated carbocycles. The minimum absolute atomic E-state index is 0.00747. The summed E-state index contributed by atoms with van der Waals surface area (Å²) in [6.45, 7) is 3.39. The Morgan fingerprint density at radius 2 is 2.09 bits per heavy atom. The molecule has 120 valence electrons. The third-order valence-electron chi connectivity index (χ3n) is 4.34. The molecule has 22 heavy (non-hydrogen) atoms. The van der Waals surface area contributed by atoms with Gasteiger partial charge in [0.1, 0.15) is 5.82 Å². The molecule has 6 heteroatoms. The number of nitrogens with zero attached hydrogens (tertiary/aromatic N) is 2. The van der Waals surface area contributed by atoms with Crippen LogP contribution >= 0.6 is 27.7 Å². The normalized spacial score (nSPS) is 23.0. The van der Waals surface area contributed by atoms with Crippen molar-refractivity contribution in [2.75, 3.05) is 31.1 Å². The monoisotopic (exact) mass is 386 g/mol. The van der Waals surface area contributed by atoms with Crippen LogP contribution in [-0.2, 0) is 11.3 Å². The summed E-state index contributed by atoms with van der Waals surface area (Å²) in [5.41, 5.74) is 1.04. The maximum Gasteiger partial charge on any atom is 0.239 e. The molecule has 1 amide bonds. The molecule has 0 aromatic heterocycles. The fraction of sp³-hybridized carbons (Fsp3) is 0.562. The van der Waals surface area contributed by atoms with Crippen molar-refractivity contribution in [2.45, 2.75) is 25.4 Å². The molecular weight excluding hydrogens is 367 g/mol. The summed E-state index contributed by atoms with van der Waals surface area (Å²) >= 11 is 5.15. The number of likely N-dealkylation sites (tertiary alicyclic amines) is 1. The molecule has 3 rings (SSSR count). The Bertz CT molecular complexity index is 551. The van der Waals surface area contributed by atoms with Crippen LogP contribution in [-0.4, -0.2) is 52.9 Å².